The minimum absolute atomic E-state index is 0.00726. The molecule has 18 heteroatoms. The molecule has 0 radical (unpaired) electrons. The summed E-state index contributed by atoms with van der Waals surface area (Å²) in [5.41, 5.74) is -0.0135. The summed E-state index contributed by atoms with van der Waals surface area (Å²) in [6, 6.07) is 9.31. The van der Waals surface area contributed by atoms with E-state index in [2.05, 4.69) is 20.6 Å². The van der Waals surface area contributed by atoms with Crippen molar-refractivity contribution in [3.63, 3.8) is 0 Å². The SMILES string of the molecule is CC(c1c[nH]c(=O)c2c(F)c(F)ccc12)N(C)C(=O)NCc1cc(F)c(F)c(F)c1.CC(c1c[nH]c(=O)c2c(F)c(F)ccc12)N(C)C(=O)NCc1ccc(F)cc1. The third-order valence-corrected chi connectivity index (χ3v) is 9.53. The molecule has 304 valence electrons. The largest absolute Gasteiger partial charge is 0.334 e. The van der Waals surface area contributed by atoms with E-state index in [1.807, 2.05) is 0 Å². The van der Waals surface area contributed by atoms with E-state index >= 15 is 0 Å². The van der Waals surface area contributed by atoms with Crippen LogP contribution in [0.15, 0.2) is 82.6 Å². The maximum Gasteiger partial charge on any atom is 0.317 e. The zero-order chi connectivity index (χ0) is 42.6. The fraction of sp³-hybridized carbons (Fsp3) is 0.200. The number of carbonyl (C=O) groups is 2. The van der Waals surface area contributed by atoms with Crippen LogP contribution in [0.5, 0.6) is 0 Å². The molecular weight excluding hydrogens is 780 g/mol. The first kappa shape index (κ1) is 42.4. The van der Waals surface area contributed by atoms with E-state index in [0.717, 1.165) is 29.8 Å². The van der Waals surface area contributed by atoms with Gasteiger partial charge in [0.25, 0.3) is 11.1 Å². The highest BCUT2D eigenvalue weighted by atomic mass is 19.2. The van der Waals surface area contributed by atoms with Crippen molar-refractivity contribution in [2.75, 3.05) is 14.1 Å². The molecule has 0 aliphatic rings. The maximum absolute atomic E-state index is 14.1. The second-order valence-corrected chi connectivity index (χ2v) is 13.1. The van der Waals surface area contributed by atoms with Gasteiger partial charge in [-0.05, 0) is 83.3 Å². The third kappa shape index (κ3) is 8.95. The quantitative estimate of drug-likeness (QED) is 0.0918. The molecule has 0 spiro atoms. The number of pyridine rings is 2. The van der Waals surface area contributed by atoms with Crippen LogP contribution in [0.25, 0.3) is 21.5 Å². The number of fused-ring (bicyclic) bond motifs is 2. The molecule has 58 heavy (non-hydrogen) atoms. The van der Waals surface area contributed by atoms with E-state index in [1.54, 1.807) is 33.0 Å². The average Bonchev–Trinajstić information content (AvgIpc) is 3.20. The Hall–Kier alpha value is -6.72. The van der Waals surface area contributed by atoms with Crippen molar-refractivity contribution >= 4 is 33.6 Å². The van der Waals surface area contributed by atoms with Crippen molar-refractivity contribution in [1.29, 1.82) is 0 Å². The van der Waals surface area contributed by atoms with Gasteiger partial charge < -0.3 is 30.4 Å². The molecule has 4 amide bonds. The van der Waals surface area contributed by atoms with Crippen LogP contribution in [0.3, 0.4) is 0 Å². The molecule has 2 atom stereocenters. The number of nitrogens with zero attached hydrogens (tertiary/aromatic N) is 2. The number of H-pyrrole nitrogens is 2. The van der Waals surface area contributed by atoms with E-state index in [1.165, 1.54) is 53.5 Å². The number of rotatable bonds is 8. The molecule has 0 saturated carbocycles. The normalized spacial score (nSPS) is 12.1. The number of hydrogen-bond acceptors (Lipinski definition) is 4. The highest BCUT2D eigenvalue weighted by molar-refractivity contribution is 5.87. The first-order chi connectivity index (χ1) is 27.4. The van der Waals surface area contributed by atoms with Gasteiger partial charge in [-0.15, -0.1) is 0 Å². The van der Waals surface area contributed by atoms with E-state index in [0.29, 0.717) is 11.1 Å². The lowest BCUT2D eigenvalue weighted by Crippen LogP contribution is -2.38. The molecule has 4 N–H and O–H groups in total. The number of benzene rings is 4. The van der Waals surface area contributed by atoms with Gasteiger partial charge in [-0.25, -0.2) is 44.7 Å². The summed E-state index contributed by atoms with van der Waals surface area (Å²) in [4.78, 5) is 56.0. The van der Waals surface area contributed by atoms with E-state index in [-0.39, 0.29) is 40.6 Å². The monoisotopic (exact) mass is 814 g/mol. The minimum Gasteiger partial charge on any atom is -0.334 e. The average molecular weight is 815 g/mol. The fourth-order valence-corrected chi connectivity index (χ4v) is 5.99. The molecule has 0 fully saturated rings. The van der Waals surface area contributed by atoms with E-state index in [9.17, 15) is 54.3 Å². The zero-order valence-corrected chi connectivity index (χ0v) is 31.0. The summed E-state index contributed by atoms with van der Waals surface area (Å²) in [6.07, 6.45) is 2.68. The Morgan fingerprint density at radius 2 is 0.966 bits per heavy atom. The highest BCUT2D eigenvalue weighted by Gasteiger charge is 2.24. The Balaban J connectivity index is 0.000000221. The molecule has 2 heterocycles. The smallest absolute Gasteiger partial charge is 0.317 e. The van der Waals surface area contributed by atoms with Crippen molar-refractivity contribution in [2.45, 2.75) is 39.0 Å². The number of amides is 4. The summed E-state index contributed by atoms with van der Waals surface area (Å²) < 4.78 is 108. The summed E-state index contributed by atoms with van der Waals surface area (Å²) >= 11 is 0. The summed E-state index contributed by atoms with van der Waals surface area (Å²) in [5, 5.41) is 4.65. The molecule has 6 aromatic rings. The van der Waals surface area contributed by atoms with Crippen LogP contribution in [-0.4, -0.2) is 45.9 Å². The lowest BCUT2D eigenvalue weighted by molar-refractivity contribution is 0.193. The highest BCUT2D eigenvalue weighted by Crippen LogP contribution is 2.29. The van der Waals surface area contributed by atoms with Gasteiger partial charge in [-0.3, -0.25) is 9.59 Å². The lowest BCUT2D eigenvalue weighted by atomic mass is 10.0. The second-order valence-electron chi connectivity index (χ2n) is 13.1. The van der Waals surface area contributed by atoms with Gasteiger partial charge in [0.15, 0.2) is 40.7 Å². The Kier molecular flexibility index (Phi) is 12.9. The van der Waals surface area contributed by atoms with Gasteiger partial charge in [0.05, 0.1) is 22.9 Å². The van der Waals surface area contributed by atoms with Crippen molar-refractivity contribution in [2.24, 2.45) is 0 Å². The second kappa shape index (κ2) is 17.6. The molecule has 4 aromatic carbocycles. The summed E-state index contributed by atoms with van der Waals surface area (Å²) in [5.74, 6) is -9.55. The first-order valence-corrected chi connectivity index (χ1v) is 17.3. The van der Waals surface area contributed by atoms with Crippen LogP contribution in [0.2, 0.25) is 0 Å². The summed E-state index contributed by atoms with van der Waals surface area (Å²) in [7, 11) is 2.95. The molecular formula is C40H34F8N6O4. The predicted molar refractivity (Wildman–Crippen MR) is 199 cm³/mol. The molecule has 10 nitrogen and oxygen atoms in total. The van der Waals surface area contributed by atoms with Gasteiger partial charge in [0, 0.05) is 39.6 Å². The first-order valence-electron chi connectivity index (χ1n) is 17.3. The van der Waals surface area contributed by atoms with Crippen LogP contribution in [0.4, 0.5) is 44.7 Å². The van der Waals surface area contributed by atoms with Crippen LogP contribution < -0.4 is 21.8 Å². The van der Waals surface area contributed by atoms with Gasteiger partial charge in [-0.1, -0.05) is 24.3 Å². The van der Waals surface area contributed by atoms with Crippen LogP contribution >= 0.6 is 0 Å². The van der Waals surface area contributed by atoms with Crippen molar-refractivity contribution in [3.05, 3.63) is 163 Å². The molecule has 0 aliphatic heterocycles. The molecule has 6 rings (SSSR count). The fourth-order valence-electron chi connectivity index (χ4n) is 5.99. The Morgan fingerprint density at radius 3 is 1.38 bits per heavy atom. The van der Waals surface area contributed by atoms with Gasteiger partial charge in [0.1, 0.15) is 5.82 Å². The Labute approximate surface area is 324 Å². The number of hydrogen-bond donors (Lipinski definition) is 4. The van der Waals surface area contributed by atoms with Crippen LogP contribution in [0.1, 0.15) is 48.2 Å². The molecule has 2 unspecified atom stereocenters. The predicted octanol–water partition coefficient (Wildman–Crippen LogP) is 7.97. The lowest BCUT2D eigenvalue weighted by Gasteiger charge is -2.26. The van der Waals surface area contributed by atoms with Gasteiger partial charge in [-0.2, -0.15) is 0 Å². The topological polar surface area (TPSA) is 130 Å². The van der Waals surface area contributed by atoms with Crippen molar-refractivity contribution in [1.82, 2.24) is 30.4 Å². The van der Waals surface area contributed by atoms with Gasteiger partial charge >= 0.3 is 12.1 Å². The molecule has 0 bridgehead atoms. The standard InChI is InChI=1S/C20H16F5N3O2.C20H18F3N3O2/c1-9(12-8-26-19(29)16-11(12)3-4-13(21)18(16)25)28(2)20(30)27-7-10-5-14(22)17(24)15(23)6-10;1-11(26(2)20(28)25-9-12-3-5-13(21)6-4-12)15-10-24-19(27)17-14(15)7-8-16(22)18(17)23/h3-6,8-9H,7H2,1-2H3,(H,26,29)(H,27,30);3-8,10-11H,9H2,1-2H3,(H,24,27)(H,25,28). The van der Waals surface area contributed by atoms with Crippen LogP contribution in [0, 0.1) is 46.5 Å². The number of halogens is 8. The number of carbonyl (C=O) groups excluding carboxylic acids is 2. The Bertz CT molecular complexity index is 2610. The van der Waals surface area contributed by atoms with Crippen molar-refractivity contribution < 1.29 is 44.7 Å². The maximum atomic E-state index is 14.1. The summed E-state index contributed by atoms with van der Waals surface area (Å²) in [6.45, 7) is 3.20. The Morgan fingerprint density at radius 1 is 0.569 bits per heavy atom. The number of nitrogens with one attached hydrogen (secondary N) is 4. The number of aromatic nitrogens is 2. The van der Waals surface area contributed by atoms with E-state index in [4.69, 9.17) is 0 Å². The minimum atomic E-state index is -1.61. The van der Waals surface area contributed by atoms with E-state index < -0.39 is 81.4 Å². The molecule has 2 aromatic heterocycles. The number of aromatic amines is 2. The molecule has 0 saturated heterocycles. The van der Waals surface area contributed by atoms with Gasteiger partial charge in [0.2, 0.25) is 0 Å². The third-order valence-electron chi connectivity index (χ3n) is 9.53. The zero-order valence-electron chi connectivity index (χ0n) is 31.0. The van der Waals surface area contributed by atoms with Crippen LogP contribution in [-0.2, 0) is 13.1 Å². The van der Waals surface area contributed by atoms with Crippen molar-refractivity contribution in [3.8, 4) is 0 Å². The molecule has 0 aliphatic carbocycles. The number of urea groups is 2.